The molecule has 0 unspecified atom stereocenters. The van der Waals surface area contributed by atoms with Gasteiger partial charge in [-0.25, -0.2) is 9.18 Å². The van der Waals surface area contributed by atoms with Gasteiger partial charge in [-0.2, -0.15) is 13.2 Å². The van der Waals surface area contributed by atoms with Crippen molar-refractivity contribution >= 4 is 16.9 Å². The highest BCUT2D eigenvalue weighted by Gasteiger charge is 2.40. The second-order valence-corrected chi connectivity index (χ2v) is 7.24. The van der Waals surface area contributed by atoms with Crippen molar-refractivity contribution < 1.29 is 36.2 Å². The van der Waals surface area contributed by atoms with Crippen molar-refractivity contribution in [1.82, 2.24) is 0 Å². The van der Waals surface area contributed by atoms with Gasteiger partial charge in [-0.1, -0.05) is 19.1 Å². The molecule has 0 atom stereocenters. The van der Waals surface area contributed by atoms with Crippen molar-refractivity contribution in [3.8, 4) is 17.2 Å². The van der Waals surface area contributed by atoms with E-state index in [-0.39, 0.29) is 22.4 Å². The lowest BCUT2D eigenvalue weighted by atomic mass is 10.1. The average molecular weight is 472 g/mol. The van der Waals surface area contributed by atoms with Crippen LogP contribution in [0.25, 0.3) is 11.0 Å². The van der Waals surface area contributed by atoms with Crippen molar-refractivity contribution in [1.29, 1.82) is 0 Å². The highest BCUT2D eigenvalue weighted by Crippen LogP contribution is 2.38. The zero-order valence-corrected chi connectivity index (χ0v) is 17.6. The summed E-state index contributed by atoms with van der Waals surface area (Å²) in [6.07, 6.45) is -4.31. The maximum absolute atomic E-state index is 13.7. The minimum atomic E-state index is -5.03. The van der Waals surface area contributed by atoms with Gasteiger partial charge in [0.1, 0.15) is 22.9 Å². The van der Waals surface area contributed by atoms with Crippen molar-refractivity contribution in [2.75, 3.05) is 0 Å². The number of hydrogen-bond acceptors (Lipinski definition) is 5. The molecule has 4 aromatic rings. The Morgan fingerprint density at radius 2 is 1.59 bits per heavy atom. The fourth-order valence-corrected chi connectivity index (χ4v) is 3.16. The van der Waals surface area contributed by atoms with E-state index in [1.54, 1.807) is 12.1 Å². The summed E-state index contributed by atoms with van der Waals surface area (Å²) < 4.78 is 69.6. The molecule has 0 N–H and O–H groups in total. The minimum absolute atomic E-state index is 0.0248. The quantitative estimate of drug-likeness (QED) is 0.188. The largest absolute Gasteiger partial charge is 0.453 e. The molecule has 1 heterocycles. The fraction of sp³-hybridized carbons (Fsp3) is 0.120. The summed E-state index contributed by atoms with van der Waals surface area (Å²) in [5.74, 6) is -4.16. The molecule has 9 heteroatoms. The molecule has 0 spiro atoms. The Kier molecular flexibility index (Phi) is 6.10. The summed E-state index contributed by atoms with van der Waals surface area (Å²) >= 11 is 0. The third-order valence-electron chi connectivity index (χ3n) is 4.92. The maximum atomic E-state index is 13.7. The first-order valence-electron chi connectivity index (χ1n) is 10.1. The highest BCUT2D eigenvalue weighted by molar-refractivity contribution is 5.91. The number of hydrogen-bond donors (Lipinski definition) is 0. The zero-order valence-electron chi connectivity index (χ0n) is 17.6. The monoisotopic (exact) mass is 472 g/mol. The molecule has 0 fully saturated rings. The van der Waals surface area contributed by atoms with Crippen LogP contribution in [0.2, 0.25) is 0 Å². The van der Waals surface area contributed by atoms with Gasteiger partial charge >= 0.3 is 12.1 Å². The number of esters is 1. The number of fused-ring (bicyclic) bond motifs is 1. The zero-order chi connectivity index (χ0) is 24.5. The van der Waals surface area contributed by atoms with Crippen molar-refractivity contribution in [2.45, 2.75) is 19.5 Å². The predicted molar refractivity (Wildman–Crippen MR) is 115 cm³/mol. The molecule has 0 aliphatic rings. The maximum Gasteiger partial charge on any atom is 0.453 e. The number of halogens is 4. The van der Waals surface area contributed by atoms with E-state index in [0.29, 0.717) is 0 Å². The van der Waals surface area contributed by atoms with E-state index in [1.807, 2.05) is 6.92 Å². The van der Waals surface area contributed by atoms with Crippen LogP contribution in [0, 0.1) is 5.82 Å². The molecule has 3 aromatic carbocycles. The molecule has 0 amide bonds. The molecule has 0 aliphatic heterocycles. The van der Waals surface area contributed by atoms with E-state index < -0.39 is 40.5 Å². The molecule has 5 nitrogen and oxygen atoms in total. The molecule has 4 rings (SSSR count). The SMILES string of the molecule is CCc1ccc(Oc2c(C(F)(F)F)oc3cc(OC(=O)c4ccc(F)cc4)ccc3c2=O)cc1. The molecule has 34 heavy (non-hydrogen) atoms. The Hall–Kier alpha value is -4.14. The predicted octanol–water partition coefficient (Wildman–Crippen LogP) is 6.52. The Bertz CT molecular complexity index is 1410. The Morgan fingerprint density at radius 1 is 0.941 bits per heavy atom. The molecular weight excluding hydrogens is 456 g/mol. The van der Waals surface area contributed by atoms with Crippen molar-refractivity contribution in [2.24, 2.45) is 0 Å². The van der Waals surface area contributed by atoms with Gasteiger partial charge in [-0.3, -0.25) is 4.79 Å². The molecule has 0 saturated heterocycles. The summed E-state index contributed by atoms with van der Waals surface area (Å²) in [7, 11) is 0. The van der Waals surface area contributed by atoms with Gasteiger partial charge in [-0.05, 0) is 60.5 Å². The van der Waals surface area contributed by atoms with Gasteiger partial charge in [0.15, 0.2) is 0 Å². The van der Waals surface area contributed by atoms with Crippen LogP contribution < -0.4 is 14.9 Å². The Balaban J connectivity index is 1.73. The number of carbonyl (C=O) groups is 1. The second kappa shape index (κ2) is 9.01. The standard InChI is InChI=1S/C25H16F4O5/c1-2-14-3-9-17(10-4-14)32-22-21(30)19-12-11-18(13-20(19)34-23(22)25(27,28)29)33-24(31)15-5-7-16(26)8-6-15/h3-13H,2H2,1H3. The molecule has 0 saturated carbocycles. The topological polar surface area (TPSA) is 65.7 Å². The van der Waals surface area contributed by atoms with Crippen LogP contribution in [0.15, 0.2) is 75.9 Å². The van der Waals surface area contributed by atoms with Crippen LogP contribution in [0.3, 0.4) is 0 Å². The Morgan fingerprint density at radius 3 is 2.21 bits per heavy atom. The smallest absolute Gasteiger partial charge is 0.449 e. The third-order valence-corrected chi connectivity index (χ3v) is 4.92. The summed E-state index contributed by atoms with van der Waals surface area (Å²) in [4.78, 5) is 25.1. The number of aryl methyl sites for hydroxylation is 1. The number of rotatable bonds is 5. The van der Waals surface area contributed by atoms with Crippen LogP contribution in [0.5, 0.6) is 17.2 Å². The minimum Gasteiger partial charge on any atom is -0.449 e. The third kappa shape index (κ3) is 4.78. The van der Waals surface area contributed by atoms with Gasteiger partial charge in [0.05, 0.1) is 10.9 Å². The van der Waals surface area contributed by atoms with Crippen molar-refractivity contribution in [3.05, 3.63) is 99.7 Å². The number of alkyl halides is 3. The molecule has 0 aliphatic carbocycles. The molecule has 0 radical (unpaired) electrons. The van der Waals surface area contributed by atoms with Crippen LogP contribution in [-0.4, -0.2) is 5.97 Å². The summed E-state index contributed by atoms with van der Waals surface area (Å²) in [5.41, 5.74) is -0.520. The molecule has 0 bridgehead atoms. The van der Waals surface area contributed by atoms with E-state index in [1.165, 1.54) is 36.4 Å². The first kappa shape index (κ1) is 23.0. The lowest BCUT2D eigenvalue weighted by Gasteiger charge is -2.14. The number of carbonyl (C=O) groups excluding carboxylic acids is 1. The summed E-state index contributed by atoms with van der Waals surface area (Å²) in [6.45, 7) is 1.92. The lowest BCUT2D eigenvalue weighted by Crippen LogP contribution is -2.15. The van der Waals surface area contributed by atoms with Gasteiger partial charge < -0.3 is 13.9 Å². The molecular formula is C25H16F4O5. The van der Waals surface area contributed by atoms with Crippen LogP contribution in [0.1, 0.15) is 28.6 Å². The van der Waals surface area contributed by atoms with E-state index in [2.05, 4.69) is 0 Å². The first-order valence-corrected chi connectivity index (χ1v) is 10.1. The highest BCUT2D eigenvalue weighted by atomic mass is 19.4. The van der Waals surface area contributed by atoms with E-state index >= 15 is 0 Å². The molecule has 174 valence electrons. The lowest BCUT2D eigenvalue weighted by molar-refractivity contribution is -0.154. The fourth-order valence-electron chi connectivity index (χ4n) is 3.16. The van der Waals surface area contributed by atoms with Crippen LogP contribution in [-0.2, 0) is 12.6 Å². The van der Waals surface area contributed by atoms with E-state index in [4.69, 9.17) is 13.9 Å². The Labute approximate surface area is 190 Å². The summed E-state index contributed by atoms with van der Waals surface area (Å²) in [6, 6.07) is 14.2. The number of benzene rings is 3. The van der Waals surface area contributed by atoms with Gasteiger partial charge in [-0.15, -0.1) is 0 Å². The molecule has 1 aromatic heterocycles. The van der Waals surface area contributed by atoms with Gasteiger partial charge in [0, 0.05) is 6.07 Å². The summed E-state index contributed by atoms with van der Waals surface area (Å²) in [5, 5.41) is -0.199. The first-order chi connectivity index (χ1) is 16.2. The number of ether oxygens (including phenoxy) is 2. The van der Waals surface area contributed by atoms with Crippen LogP contribution >= 0.6 is 0 Å². The normalized spacial score (nSPS) is 11.4. The van der Waals surface area contributed by atoms with E-state index in [0.717, 1.165) is 30.2 Å². The van der Waals surface area contributed by atoms with Gasteiger partial charge in [0.2, 0.25) is 11.2 Å². The second-order valence-electron chi connectivity index (χ2n) is 7.24. The van der Waals surface area contributed by atoms with Crippen LogP contribution in [0.4, 0.5) is 17.6 Å². The van der Waals surface area contributed by atoms with E-state index in [9.17, 15) is 27.2 Å². The average Bonchev–Trinajstić information content (AvgIpc) is 2.81. The van der Waals surface area contributed by atoms with Crippen molar-refractivity contribution in [3.63, 3.8) is 0 Å². The van der Waals surface area contributed by atoms with Gasteiger partial charge in [0.25, 0.3) is 5.76 Å².